The molecule has 1 heterocycles. The number of hydrogen-bond acceptors (Lipinski definition) is 3. The third-order valence-electron chi connectivity index (χ3n) is 2.91. The fourth-order valence-corrected chi connectivity index (χ4v) is 2.06. The molecule has 0 amide bonds. The molecule has 1 N–H and O–H groups in total. The van der Waals surface area contributed by atoms with Crippen LogP contribution in [0, 0.1) is 12.7 Å². The number of halogens is 2. The molecule has 3 nitrogen and oxygen atoms in total. The Hall–Kier alpha value is -1.33. The van der Waals surface area contributed by atoms with E-state index < -0.39 is 0 Å². The molecule has 2 rings (SSSR count). The number of ether oxygens (including phenoxy) is 1. The first-order valence-electron chi connectivity index (χ1n) is 6.47. The van der Waals surface area contributed by atoms with Crippen molar-refractivity contribution in [1.29, 1.82) is 0 Å². The molecule has 20 heavy (non-hydrogen) atoms. The van der Waals surface area contributed by atoms with Crippen LogP contribution in [0.1, 0.15) is 24.0 Å². The molecule has 0 aliphatic rings. The lowest BCUT2D eigenvalue weighted by Crippen LogP contribution is -2.11. The molecular weight excluding hydrogens is 325 g/mol. The Kier molecular flexibility index (Phi) is 5.20. The summed E-state index contributed by atoms with van der Waals surface area (Å²) in [6, 6.07) is 6.64. The molecular formula is C15H17BrFNO2. The molecule has 0 spiro atoms. The van der Waals surface area contributed by atoms with E-state index in [2.05, 4.69) is 28.2 Å². The van der Waals surface area contributed by atoms with Crippen molar-refractivity contribution >= 4 is 15.9 Å². The van der Waals surface area contributed by atoms with Crippen LogP contribution in [0.25, 0.3) is 0 Å². The molecule has 0 bridgehead atoms. The molecule has 0 unspecified atom stereocenters. The number of nitrogens with one attached hydrogen (secondary N) is 1. The predicted octanol–water partition coefficient (Wildman–Crippen LogP) is 4.18. The van der Waals surface area contributed by atoms with Crippen LogP contribution in [0.3, 0.4) is 0 Å². The van der Waals surface area contributed by atoms with Gasteiger partial charge in [0.15, 0.2) is 0 Å². The summed E-state index contributed by atoms with van der Waals surface area (Å²) in [7, 11) is 0. The Labute approximate surface area is 126 Å². The van der Waals surface area contributed by atoms with Gasteiger partial charge in [0.2, 0.25) is 0 Å². The Bertz CT molecular complexity index is 583. The van der Waals surface area contributed by atoms with Crippen LogP contribution in [0.15, 0.2) is 33.2 Å². The summed E-state index contributed by atoms with van der Waals surface area (Å²) in [5.41, 5.74) is 1.12. The second-order valence-corrected chi connectivity index (χ2v) is 5.29. The van der Waals surface area contributed by atoms with E-state index in [1.165, 1.54) is 6.07 Å². The van der Waals surface area contributed by atoms with Gasteiger partial charge in [-0.05, 0) is 47.6 Å². The van der Waals surface area contributed by atoms with Crippen molar-refractivity contribution in [3.8, 4) is 5.75 Å². The van der Waals surface area contributed by atoms with Gasteiger partial charge in [-0.25, -0.2) is 4.39 Å². The van der Waals surface area contributed by atoms with Gasteiger partial charge in [0.05, 0.1) is 4.47 Å². The highest BCUT2D eigenvalue weighted by molar-refractivity contribution is 9.10. The summed E-state index contributed by atoms with van der Waals surface area (Å²) >= 11 is 3.11. The molecule has 0 atom stereocenters. The van der Waals surface area contributed by atoms with Crippen LogP contribution >= 0.6 is 15.9 Å². The summed E-state index contributed by atoms with van der Waals surface area (Å²) in [5, 5.41) is 3.25. The van der Waals surface area contributed by atoms with Crippen molar-refractivity contribution in [3.05, 3.63) is 51.6 Å². The Morgan fingerprint density at radius 3 is 2.85 bits per heavy atom. The van der Waals surface area contributed by atoms with Crippen molar-refractivity contribution < 1.29 is 13.5 Å². The van der Waals surface area contributed by atoms with Crippen molar-refractivity contribution in [2.45, 2.75) is 27.0 Å². The maximum Gasteiger partial charge on any atom is 0.146 e. The third-order valence-corrected chi connectivity index (χ3v) is 3.55. The van der Waals surface area contributed by atoms with Gasteiger partial charge in [-0.15, -0.1) is 0 Å². The summed E-state index contributed by atoms with van der Waals surface area (Å²) in [6.45, 7) is 5.96. The summed E-state index contributed by atoms with van der Waals surface area (Å²) in [6.07, 6.45) is 0. The smallest absolute Gasteiger partial charge is 0.146 e. The van der Waals surface area contributed by atoms with Crippen molar-refractivity contribution in [2.24, 2.45) is 0 Å². The van der Waals surface area contributed by atoms with Gasteiger partial charge in [-0.3, -0.25) is 0 Å². The minimum Gasteiger partial charge on any atom is -0.486 e. The van der Waals surface area contributed by atoms with Gasteiger partial charge in [0, 0.05) is 18.2 Å². The zero-order valence-corrected chi connectivity index (χ0v) is 13.1. The molecule has 0 aliphatic heterocycles. The second kappa shape index (κ2) is 6.90. The van der Waals surface area contributed by atoms with E-state index in [1.54, 1.807) is 12.1 Å². The van der Waals surface area contributed by atoms with E-state index in [0.29, 0.717) is 10.2 Å². The SMILES string of the molecule is CCNCc1cc(COc2ccc(Br)c(F)c2)oc1C. The lowest BCUT2D eigenvalue weighted by Gasteiger charge is -2.04. The summed E-state index contributed by atoms with van der Waals surface area (Å²) in [5.74, 6) is 1.75. The van der Waals surface area contributed by atoms with Crippen LogP contribution in [-0.4, -0.2) is 6.54 Å². The zero-order chi connectivity index (χ0) is 14.5. The zero-order valence-electron chi connectivity index (χ0n) is 11.5. The van der Waals surface area contributed by atoms with E-state index in [9.17, 15) is 4.39 Å². The molecule has 1 aromatic heterocycles. The standard InChI is InChI=1S/C15H17BrFNO2/c1-3-18-8-11-6-13(20-10(11)2)9-19-12-4-5-14(16)15(17)7-12/h4-7,18H,3,8-9H2,1-2H3. The van der Waals surface area contributed by atoms with Crippen LogP contribution in [-0.2, 0) is 13.2 Å². The Morgan fingerprint density at radius 2 is 2.15 bits per heavy atom. The van der Waals surface area contributed by atoms with Crippen LogP contribution in [0.5, 0.6) is 5.75 Å². The largest absolute Gasteiger partial charge is 0.486 e. The minimum atomic E-state index is -0.342. The van der Waals surface area contributed by atoms with Crippen LogP contribution < -0.4 is 10.1 Å². The summed E-state index contributed by atoms with van der Waals surface area (Å²) in [4.78, 5) is 0. The van der Waals surface area contributed by atoms with Crippen molar-refractivity contribution in [3.63, 3.8) is 0 Å². The quantitative estimate of drug-likeness (QED) is 0.855. The monoisotopic (exact) mass is 341 g/mol. The highest BCUT2D eigenvalue weighted by Crippen LogP contribution is 2.22. The van der Waals surface area contributed by atoms with Crippen LogP contribution in [0.2, 0.25) is 0 Å². The number of hydrogen-bond donors (Lipinski definition) is 1. The summed E-state index contributed by atoms with van der Waals surface area (Å²) < 4.78 is 24.9. The third kappa shape index (κ3) is 3.84. The number of benzene rings is 1. The van der Waals surface area contributed by atoms with Gasteiger partial charge in [0.25, 0.3) is 0 Å². The molecule has 1 aromatic carbocycles. The second-order valence-electron chi connectivity index (χ2n) is 4.44. The van der Waals surface area contributed by atoms with Gasteiger partial charge in [-0.1, -0.05) is 6.92 Å². The maximum atomic E-state index is 13.4. The van der Waals surface area contributed by atoms with Gasteiger partial charge in [0.1, 0.15) is 29.7 Å². The molecule has 2 aromatic rings. The Balaban J connectivity index is 1.98. The molecule has 0 radical (unpaired) electrons. The number of aryl methyl sites for hydroxylation is 1. The fourth-order valence-electron chi connectivity index (χ4n) is 1.82. The molecule has 0 fully saturated rings. The lowest BCUT2D eigenvalue weighted by molar-refractivity contribution is 0.266. The average Bonchev–Trinajstić information content (AvgIpc) is 2.78. The number of rotatable bonds is 6. The van der Waals surface area contributed by atoms with Gasteiger partial charge in [-0.2, -0.15) is 0 Å². The first-order valence-corrected chi connectivity index (χ1v) is 7.26. The van der Waals surface area contributed by atoms with E-state index in [0.717, 1.165) is 30.2 Å². The minimum absolute atomic E-state index is 0.286. The van der Waals surface area contributed by atoms with Crippen molar-refractivity contribution in [1.82, 2.24) is 5.32 Å². The predicted molar refractivity (Wildman–Crippen MR) is 79.3 cm³/mol. The molecule has 0 saturated carbocycles. The van der Waals surface area contributed by atoms with E-state index >= 15 is 0 Å². The Morgan fingerprint density at radius 1 is 1.35 bits per heavy atom. The van der Waals surface area contributed by atoms with Crippen molar-refractivity contribution in [2.75, 3.05) is 6.54 Å². The normalized spacial score (nSPS) is 10.8. The van der Waals surface area contributed by atoms with Crippen LogP contribution in [0.4, 0.5) is 4.39 Å². The topological polar surface area (TPSA) is 34.4 Å². The van der Waals surface area contributed by atoms with Gasteiger partial charge < -0.3 is 14.5 Å². The first-order chi connectivity index (χ1) is 9.60. The lowest BCUT2D eigenvalue weighted by atomic mass is 10.2. The molecule has 0 saturated heterocycles. The first kappa shape index (κ1) is 15.1. The molecule has 108 valence electrons. The number of furan rings is 1. The molecule has 0 aliphatic carbocycles. The molecule has 5 heteroatoms. The van der Waals surface area contributed by atoms with E-state index in [4.69, 9.17) is 9.15 Å². The van der Waals surface area contributed by atoms with Gasteiger partial charge >= 0.3 is 0 Å². The highest BCUT2D eigenvalue weighted by atomic mass is 79.9. The van der Waals surface area contributed by atoms with E-state index in [1.807, 2.05) is 13.0 Å². The highest BCUT2D eigenvalue weighted by Gasteiger charge is 2.08. The van der Waals surface area contributed by atoms with E-state index in [-0.39, 0.29) is 12.4 Å². The fraction of sp³-hybridized carbons (Fsp3) is 0.333. The average molecular weight is 342 g/mol. The maximum absolute atomic E-state index is 13.4.